The molecule has 0 radical (unpaired) electrons. The van der Waals surface area contributed by atoms with Crippen LogP contribution >= 0.6 is 11.6 Å². The number of methoxy groups -OCH3 is 1. The number of imide groups is 1. The van der Waals surface area contributed by atoms with E-state index in [2.05, 4.69) is 17.7 Å². The van der Waals surface area contributed by atoms with Gasteiger partial charge in [-0.1, -0.05) is 36.7 Å². The Hall–Kier alpha value is -3.26. The van der Waals surface area contributed by atoms with Crippen LogP contribution in [0.1, 0.15) is 48.5 Å². The van der Waals surface area contributed by atoms with Gasteiger partial charge in [0.2, 0.25) is 0 Å². The lowest BCUT2D eigenvalue weighted by Crippen LogP contribution is -2.51. The summed E-state index contributed by atoms with van der Waals surface area (Å²) in [5.74, 6) is 0.258. The van der Waals surface area contributed by atoms with Crippen molar-refractivity contribution in [2.45, 2.75) is 44.8 Å². The lowest BCUT2D eigenvalue weighted by Gasteiger charge is -2.33. The number of nitrogens with zero attached hydrogens (tertiary/aromatic N) is 1. The number of hydrazine groups is 1. The zero-order chi connectivity index (χ0) is 23.6. The fourth-order valence-corrected chi connectivity index (χ4v) is 4.37. The second-order valence-corrected chi connectivity index (χ2v) is 8.93. The second kappa shape index (κ2) is 9.31. The third-order valence-electron chi connectivity index (χ3n) is 6.27. The topological polar surface area (TPSA) is 97.0 Å². The summed E-state index contributed by atoms with van der Waals surface area (Å²) in [5.41, 5.74) is 2.54. The van der Waals surface area contributed by atoms with E-state index in [1.165, 1.54) is 19.2 Å². The first-order chi connectivity index (χ1) is 15.8. The van der Waals surface area contributed by atoms with Gasteiger partial charge in [-0.3, -0.25) is 15.0 Å². The molecule has 2 aromatic carbocycles. The number of benzene rings is 2. The minimum atomic E-state index is -0.926. The van der Waals surface area contributed by atoms with Crippen molar-refractivity contribution in [3.63, 3.8) is 0 Å². The zero-order valence-corrected chi connectivity index (χ0v) is 19.3. The summed E-state index contributed by atoms with van der Waals surface area (Å²) < 4.78 is 11.2. The van der Waals surface area contributed by atoms with Crippen LogP contribution in [0.5, 0.6) is 11.5 Å². The monoisotopic (exact) mass is 471 g/mol. The number of hydrogen-bond acceptors (Lipinski definition) is 5. The second-order valence-electron chi connectivity index (χ2n) is 8.52. The quantitative estimate of drug-likeness (QED) is 0.619. The van der Waals surface area contributed by atoms with E-state index >= 15 is 0 Å². The van der Waals surface area contributed by atoms with E-state index in [1.807, 2.05) is 18.2 Å². The number of nitrogens with one attached hydrogen (secondary N) is 2. The van der Waals surface area contributed by atoms with E-state index in [1.54, 1.807) is 12.1 Å². The molecule has 9 heteroatoms. The van der Waals surface area contributed by atoms with Crippen molar-refractivity contribution < 1.29 is 23.9 Å². The molecule has 1 saturated heterocycles. The maximum atomic E-state index is 13.0. The van der Waals surface area contributed by atoms with Gasteiger partial charge in [-0.15, -0.1) is 0 Å². The molecule has 33 heavy (non-hydrogen) atoms. The summed E-state index contributed by atoms with van der Waals surface area (Å²) in [6.45, 7) is 2.35. The standard InChI is InChI=1S/C24H26ClN3O5/c1-15-9-11-24(12-10-15)22(30)28(23(31)26-24)27-21(29)16-7-8-19(20(13-16)32-2)33-14-17-5-3-4-6-18(17)25/h3-8,13,15H,9-12,14H2,1-2H3,(H,26,31)(H,27,29). The molecule has 1 heterocycles. The molecule has 0 atom stereocenters. The molecular formula is C24H26ClN3O5. The van der Waals surface area contributed by atoms with Crippen LogP contribution in [0, 0.1) is 5.92 Å². The third-order valence-corrected chi connectivity index (χ3v) is 6.64. The van der Waals surface area contributed by atoms with Crippen molar-refractivity contribution in [1.29, 1.82) is 0 Å². The van der Waals surface area contributed by atoms with Crippen molar-refractivity contribution in [2.24, 2.45) is 5.92 Å². The van der Waals surface area contributed by atoms with Crippen LogP contribution in [-0.2, 0) is 11.4 Å². The summed E-state index contributed by atoms with van der Waals surface area (Å²) in [6, 6.07) is 11.3. The summed E-state index contributed by atoms with van der Waals surface area (Å²) in [4.78, 5) is 38.2. The van der Waals surface area contributed by atoms with Crippen LogP contribution in [0.15, 0.2) is 42.5 Å². The lowest BCUT2D eigenvalue weighted by atomic mass is 9.77. The van der Waals surface area contributed by atoms with Gasteiger partial charge in [0.05, 0.1) is 7.11 Å². The van der Waals surface area contributed by atoms with Gasteiger partial charge in [0, 0.05) is 16.1 Å². The molecule has 8 nitrogen and oxygen atoms in total. The zero-order valence-electron chi connectivity index (χ0n) is 18.5. The summed E-state index contributed by atoms with van der Waals surface area (Å²) in [6.07, 6.45) is 2.83. The Labute approximate surface area is 197 Å². The van der Waals surface area contributed by atoms with Crippen molar-refractivity contribution in [1.82, 2.24) is 15.8 Å². The molecule has 174 valence electrons. The summed E-state index contributed by atoms with van der Waals surface area (Å²) in [7, 11) is 1.46. The van der Waals surface area contributed by atoms with Crippen LogP contribution < -0.4 is 20.2 Å². The van der Waals surface area contributed by atoms with Gasteiger partial charge in [0.25, 0.3) is 11.8 Å². The fourth-order valence-electron chi connectivity index (χ4n) is 4.18. The van der Waals surface area contributed by atoms with Gasteiger partial charge in [0.1, 0.15) is 12.1 Å². The number of halogens is 1. The van der Waals surface area contributed by atoms with E-state index < -0.39 is 23.4 Å². The number of rotatable bonds is 6. The minimum Gasteiger partial charge on any atom is -0.493 e. The molecule has 2 fully saturated rings. The van der Waals surface area contributed by atoms with E-state index in [-0.39, 0.29) is 12.2 Å². The first-order valence-electron chi connectivity index (χ1n) is 10.8. The van der Waals surface area contributed by atoms with Gasteiger partial charge >= 0.3 is 6.03 Å². The summed E-state index contributed by atoms with van der Waals surface area (Å²) >= 11 is 6.17. The number of carbonyl (C=O) groups is 3. The smallest absolute Gasteiger partial charge is 0.344 e. The first-order valence-corrected chi connectivity index (χ1v) is 11.2. The molecule has 0 unspecified atom stereocenters. The van der Waals surface area contributed by atoms with Gasteiger partial charge in [-0.2, -0.15) is 5.01 Å². The Kier molecular flexibility index (Phi) is 6.47. The highest BCUT2D eigenvalue weighted by Crippen LogP contribution is 2.36. The normalized spacial score (nSPS) is 22.3. The maximum absolute atomic E-state index is 13.0. The number of amides is 4. The van der Waals surface area contributed by atoms with Crippen LogP contribution in [-0.4, -0.2) is 35.5 Å². The fraction of sp³-hybridized carbons (Fsp3) is 0.375. The predicted molar refractivity (Wildman–Crippen MR) is 122 cm³/mol. The van der Waals surface area contributed by atoms with Gasteiger partial charge in [-0.25, -0.2) is 4.79 Å². The van der Waals surface area contributed by atoms with Crippen molar-refractivity contribution in [3.8, 4) is 11.5 Å². The van der Waals surface area contributed by atoms with Crippen LogP contribution in [0.25, 0.3) is 0 Å². The molecule has 0 aromatic heterocycles. The molecule has 2 N–H and O–H groups in total. The molecule has 4 rings (SSSR count). The van der Waals surface area contributed by atoms with Crippen molar-refractivity contribution >= 4 is 29.4 Å². The Morgan fingerprint density at radius 3 is 2.61 bits per heavy atom. The average molecular weight is 472 g/mol. The number of hydrogen-bond donors (Lipinski definition) is 2. The SMILES string of the molecule is COc1cc(C(=O)NN2C(=O)NC3(CCC(C)CC3)C2=O)ccc1OCc1ccccc1Cl. The van der Waals surface area contributed by atoms with Crippen molar-refractivity contribution in [3.05, 3.63) is 58.6 Å². The van der Waals surface area contributed by atoms with E-state index in [0.29, 0.717) is 35.3 Å². The number of carbonyl (C=O) groups excluding carboxylic acids is 3. The van der Waals surface area contributed by atoms with E-state index in [0.717, 1.165) is 23.4 Å². The highest BCUT2D eigenvalue weighted by atomic mass is 35.5. The van der Waals surface area contributed by atoms with E-state index in [9.17, 15) is 14.4 Å². The third kappa shape index (κ3) is 4.61. The molecule has 2 aliphatic rings. The molecular weight excluding hydrogens is 446 g/mol. The molecule has 0 bridgehead atoms. The van der Waals surface area contributed by atoms with Crippen LogP contribution in [0.2, 0.25) is 5.02 Å². The number of ether oxygens (including phenoxy) is 2. The first kappa shape index (κ1) is 22.9. The Morgan fingerprint density at radius 2 is 1.91 bits per heavy atom. The predicted octanol–water partition coefficient (Wildman–Crippen LogP) is 4.07. The highest BCUT2D eigenvalue weighted by molar-refractivity contribution is 6.31. The number of urea groups is 1. The van der Waals surface area contributed by atoms with Gasteiger partial charge in [0.15, 0.2) is 11.5 Å². The Balaban J connectivity index is 1.44. The molecule has 4 amide bonds. The van der Waals surface area contributed by atoms with Crippen LogP contribution in [0.4, 0.5) is 4.79 Å². The maximum Gasteiger partial charge on any atom is 0.344 e. The van der Waals surface area contributed by atoms with Crippen molar-refractivity contribution in [2.75, 3.05) is 7.11 Å². The molecule has 1 spiro atoms. The van der Waals surface area contributed by atoms with Gasteiger partial charge in [-0.05, 0) is 55.9 Å². The summed E-state index contributed by atoms with van der Waals surface area (Å²) in [5, 5.41) is 4.16. The molecule has 1 saturated carbocycles. The Morgan fingerprint density at radius 1 is 1.18 bits per heavy atom. The largest absolute Gasteiger partial charge is 0.493 e. The Bertz CT molecular complexity index is 1080. The van der Waals surface area contributed by atoms with E-state index in [4.69, 9.17) is 21.1 Å². The average Bonchev–Trinajstić information content (AvgIpc) is 3.04. The molecule has 1 aliphatic heterocycles. The van der Waals surface area contributed by atoms with Crippen LogP contribution in [0.3, 0.4) is 0 Å². The minimum absolute atomic E-state index is 0.218. The molecule has 2 aromatic rings. The lowest BCUT2D eigenvalue weighted by molar-refractivity contribution is -0.134. The highest BCUT2D eigenvalue weighted by Gasteiger charge is 2.52. The van der Waals surface area contributed by atoms with Gasteiger partial charge < -0.3 is 14.8 Å². The molecule has 1 aliphatic carbocycles.